The molecule has 1 aromatic rings. The fraction of sp³-hybridized carbons (Fsp3) is 0.533. The van der Waals surface area contributed by atoms with Gasteiger partial charge in [0, 0.05) is 12.6 Å². The average Bonchev–Trinajstić information content (AvgIpc) is 2.44. The van der Waals surface area contributed by atoms with Gasteiger partial charge in [0.2, 0.25) is 5.91 Å². The molecule has 1 amide bonds. The van der Waals surface area contributed by atoms with E-state index < -0.39 is 0 Å². The van der Waals surface area contributed by atoms with Crippen LogP contribution in [0.5, 0.6) is 0 Å². The molecule has 106 valence electrons. The number of nitrogens with one attached hydrogen (secondary N) is 1. The molecule has 4 nitrogen and oxygen atoms in total. The van der Waals surface area contributed by atoms with Crippen molar-refractivity contribution in [2.75, 3.05) is 26.7 Å². The summed E-state index contributed by atoms with van der Waals surface area (Å²) < 4.78 is 0. The van der Waals surface area contributed by atoms with Gasteiger partial charge >= 0.3 is 0 Å². The number of aliphatic hydroxyl groups is 1. The minimum atomic E-state index is -0.00872. The van der Waals surface area contributed by atoms with Gasteiger partial charge in [-0.1, -0.05) is 37.3 Å². The van der Waals surface area contributed by atoms with Crippen LogP contribution in [0.3, 0.4) is 0 Å². The van der Waals surface area contributed by atoms with Crippen molar-refractivity contribution >= 4 is 5.91 Å². The molecule has 0 aliphatic carbocycles. The zero-order valence-corrected chi connectivity index (χ0v) is 12.0. The molecule has 0 saturated carbocycles. The van der Waals surface area contributed by atoms with Crippen LogP contribution in [0, 0.1) is 0 Å². The van der Waals surface area contributed by atoms with Gasteiger partial charge in [-0.2, -0.15) is 0 Å². The van der Waals surface area contributed by atoms with E-state index in [0.29, 0.717) is 19.0 Å². The molecule has 0 bridgehead atoms. The monoisotopic (exact) mass is 264 g/mol. The summed E-state index contributed by atoms with van der Waals surface area (Å²) in [6.45, 7) is 4.98. The Hall–Kier alpha value is -1.39. The number of nitrogens with zero attached hydrogens (tertiary/aromatic N) is 1. The largest absolute Gasteiger partial charge is 0.395 e. The molecule has 19 heavy (non-hydrogen) atoms. The lowest BCUT2D eigenvalue weighted by atomic mass is 10.0. The summed E-state index contributed by atoms with van der Waals surface area (Å²) in [7, 11) is 1.83. The highest BCUT2D eigenvalue weighted by Crippen LogP contribution is 2.12. The fourth-order valence-electron chi connectivity index (χ4n) is 1.74. The summed E-state index contributed by atoms with van der Waals surface area (Å²) in [5.41, 5.74) is 1.22. The molecule has 0 aliphatic rings. The molecule has 0 aromatic heterocycles. The number of amides is 1. The molecular weight excluding hydrogens is 240 g/mol. The van der Waals surface area contributed by atoms with Gasteiger partial charge in [-0.25, -0.2) is 0 Å². The van der Waals surface area contributed by atoms with Crippen LogP contribution >= 0.6 is 0 Å². The molecule has 0 heterocycles. The first kappa shape index (κ1) is 15.7. The Kier molecular flexibility index (Phi) is 6.53. The second-order valence-corrected chi connectivity index (χ2v) is 5.06. The van der Waals surface area contributed by atoms with Crippen LogP contribution in [0.4, 0.5) is 0 Å². The number of aliphatic hydroxyl groups excluding tert-OH is 1. The minimum absolute atomic E-state index is 0.00250. The van der Waals surface area contributed by atoms with Crippen molar-refractivity contribution < 1.29 is 9.90 Å². The Balaban J connectivity index is 2.34. The van der Waals surface area contributed by atoms with Gasteiger partial charge in [0.25, 0.3) is 0 Å². The van der Waals surface area contributed by atoms with Crippen molar-refractivity contribution in [1.82, 2.24) is 10.2 Å². The van der Waals surface area contributed by atoms with Gasteiger partial charge in [0.15, 0.2) is 0 Å². The predicted molar refractivity (Wildman–Crippen MR) is 77.0 cm³/mol. The Labute approximate surface area is 115 Å². The van der Waals surface area contributed by atoms with Crippen molar-refractivity contribution in [3.05, 3.63) is 35.9 Å². The van der Waals surface area contributed by atoms with Crippen LogP contribution in [0.1, 0.15) is 25.3 Å². The standard InChI is InChI=1S/C15H24N2O2/c1-12(14-7-5-4-6-8-14)9-16-15(19)10-17(3)13(2)11-18/h4-8,12-13,18H,9-11H2,1-3H3,(H,16,19). The summed E-state index contributed by atoms with van der Waals surface area (Å²) in [4.78, 5) is 13.6. The molecule has 2 N–H and O–H groups in total. The number of hydrogen-bond donors (Lipinski definition) is 2. The molecule has 4 heteroatoms. The lowest BCUT2D eigenvalue weighted by Gasteiger charge is -2.22. The number of hydrogen-bond acceptors (Lipinski definition) is 3. The molecule has 2 atom stereocenters. The van der Waals surface area contributed by atoms with E-state index in [4.69, 9.17) is 5.11 Å². The first-order valence-electron chi connectivity index (χ1n) is 6.67. The van der Waals surface area contributed by atoms with Gasteiger partial charge in [-0.05, 0) is 25.5 Å². The highest BCUT2D eigenvalue weighted by Gasteiger charge is 2.13. The van der Waals surface area contributed by atoms with Crippen molar-refractivity contribution in [3.8, 4) is 0 Å². The second kappa shape index (κ2) is 7.92. The first-order valence-corrected chi connectivity index (χ1v) is 6.67. The molecule has 1 rings (SSSR count). The van der Waals surface area contributed by atoms with Gasteiger partial charge in [-0.3, -0.25) is 9.69 Å². The zero-order chi connectivity index (χ0) is 14.3. The number of rotatable bonds is 7. The fourth-order valence-corrected chi connectivity index (χ4v) is 1.74. The summed E-state index contributed by atoms with van der Waals surface area (Å²) in [6, 6.07) is 10.1. The van der Waals surface area contributed by atoms with E-state index in [1.54, 1.807) is 0 Å². The summed E-state index contributed by atoms with van der Waals surface area (Å²) in [6.07, 6.45) is 0. The predicted octanol–water partition coefficient (Wildman–Crippen LogP) is 1.22. The maximum absolute atomic E-state index is 11.8. The Morgan fingerprint density at radius 3 is 2.53 bits per heavy atom. The summed E-state index contributed by atoms with van der Waals surface area (Å²) in [5.74, 6) is 0.288. The van der Waals surface area contributed by atoms with Crippen molar-refractivity contribution in [3.63, 3.8) is 0 Å². The third-order valence-corrected chi connectivity index (χ3v) is 3.38. The van der Waals surface area contributed by atoms with E-state index in [0.717, 1.165) is 0 Å². The van der Waals surface area contributed by atoms with Crippen molar-refractivity contribution in [1.29, 1.82) is 0 Å². The second-order valence-electron chi connectivity index (χ2n) is 5.06. The van der Waals surface area contributed by atoms with Crippen LogP contribution in [0.15, 0.2) is 30.3 Å². The smallest absolute Gasteiger partial charge is 0.234 e. The molecule has 1 aromatic carbocycles. The summed E-state index contributed by atoms with van der Waals surface area (Å²) in [5, 5.41) is 11.9. The highest BCUT2D eigenvalue weighted by atomic mass is 16.3. The molecule has 0 radical (unpaired) electrons. The lowest BCUT2D eigenvalue weighted by Crippen LogP contribution is -2.41. The van der Waals surface area contributed by atoms with Gasteiger partial charge in [0.05, 0.1) is 13.2 Å². The summed E-state index contributed by atoms with van der Waals surface area (Å²) >= 11 is 0. The molecule has 0 fully saturated rings. The van der Waals surface area contributed by atoms with E-state index in [1.165, 1.54) is 5.56 Å². The van der Waals surface area contributed by atoms with Crippen LogP contribution in [0.25, 0.3) is 0 Å². The third-order valence-electron chi connectivity index (χ3n) is 3.38. The maximum Gasteiger partial charge on any atom is 0.234 e. The van der Waals surface area contributed by atoms with Crippen LogP contribution in [0.2, 0.25) is 0 Å². The van der Waals surface area contributed by atoms with E-state index >= 15 is 0 Å². The molecular formula is C15H24N2O2. The highest BCUT2D eigenvalue weighted by molar-refractivity contribution is 5.78. The van der Waals surface area contributed by atoms with Gasteiger partial charge < -0.3 is 10.4 Å². The Morgan fingerprint density at radius 2 is 1.95 bits per heavy atom. The first-order chi connectivity index (χ1) is 9.04. The van der Waals surface area contributed by atoms with E-state index in [1.807, 2.05) is 37.1 Å². The van der Waals surface area contributed by atoms with Gasteiger partial charge in [0.1, 0.15) is 0 Å². The SMILES string of the molecule is CC(CNC(=O)CN(C)C(C)CO)c1ccccc1. The Morgan fingerprint density at radius 1 is 1.32 bits per heavy atom. The zero-order valence-electron chi connectivity index (χ0n) is 12.0. The van der Waals surface area contributed by atoms with Crippen molar-refractivity contribution in [2.24, 2.45) is 0 Å². The molecule has 0 spiro atoms. The number of benzene rings is 1. The molecule has 0 saturated heterocycles. The number of likely N-dealkylation sites (N-methyl/N-ethyl adjacent to an activating group) is 1. The van der Waals surface area contributed by atoms with E-state index in [-0.39, 0.29) is 18.6 Å². The van der Waals surface area contributed by atoms with Crippen LogP contribution in [-0.4, -0.2) is 48.7 Å². The quantitative estimate of drug-likeness (QED) is 0.778. The number of carbonyl (C=O) groups is 1. The maximum atomic E-state index is 11.8. The van der Waals surface area contributed by atoms with E-state index in [9.17, 15) is 4.79 Å². The lowest BCUT2D eigenvalue weighted by molar-refractivity contribution is -0.122. The van der Waals surface area contributed by atoms with Crippen LogP contribution in [-0.2, 0) is 4.79 Å². The normalized spacial score (nSPS) is 14.2. The topological polar surface area (TPSA) is 52.6 Å². The van der Waals surface area contributed by atoms with Crippen molar-refractivity contribution in [2.45, 2.75) is 25.8 Å². The third kappa shape index (κ3) is 5.41. The number of carbonyl (C=O) groups excluding carboxylic acids is 1. The van der Waals surface area contributed by atoms with E-state index in [2.05, 4.69) is 24.4 Å². The van der Waals surface area contributed by atoms with Gasteiger partial charge in [-0.15, -0.1) is 0 Å². The molecule has 0 aliphatic heterocycles. The minimum Gasteiger partial charge on any atom is -0.395 e. The van der Waals surface area contributed by atoms with Crippen LogP contribution < -0.4 is 5.32 Å². The Bertz CT molecular complexity index is 381. The molecule has 2 unspecified atom stereocenters. The average molecular weight is 264 g/mol.